The zero-order valence-corrected chi connectivity index (χ0v) is 12.3. The van der Waals surface area contributed by atoms with Crippen molar-refractivity contribution in [1.29, 1.82) is 0 Å². The number of benzene rings is 2. The fourth-order valence-corrected chi connectivity index (χ4v) is 2.72. The van der Waals surface area contributed by atoms with Crippen LogP contribution in [0.2, 0.25) is 0 Å². The van der Waals surface area contributed by atoms with Crippen molar-refractivity contribution >= 4 is 11.0 Å². The van der Waals surface area contributed by atoms with Gasteiger partial charge in [0, 0.05) is 17.4 Å². The molecule has 4 nitrogen and oxygen atoms in total. The standard InChI is InChI=1S/C18H11F2N3O/c19-12-3-1-11(2-4-12)15-9-23(14-7-5-13(20)6-8-14)17-16(15)18(24)22-10-21-17/h1-10H,(H,21,22,24). The summed E-state index contributed by atoms with van der Waals surface area (Å²) >= 11 is 0. The lowest BCUT2D eigenvalue weighted by Crippen LogP contribution is -2.07. The number of aromatic nitrogens is 3. The highest BCUT2D eigenvalue weighted by Gasteiger charge is 2.15. The first kappa shape index (κ1) is 14.3. The molecule has 0 saturated heterocycles. The van der Waals surface area contributed by atoms with Gasteiger partial charge in [0.25, 0.3) is 5.56 Å². The molecule has 0 saturated carbocycles. The number of H-pyrrole nitrogens is 1. The summed E-state index contributed by atoms with van der Waals surface area (Å²) in [6, 6.07) is 11.8. The van der Waals surface area contributed by atoms with Crippen molar-refractivity contribution in [2.75, 3.05) is 0 Å². The highest BCUT2D eigenvalue weighted by Crippen LogP contribution is 2.29. The average Bonchev–Trinajstić information content (AvgIpc) is 2.97. The topological polar surface area (TPSA) is 50.7 Å². The van der Waals surface area contributed by atoms with Gasteiger partial charge in [-0.1, -0.05) is 12.1 Å². The van der Waals surface area contributed by atoms with E-state index in [2.05, 4.69) is 9.97 Å². The van der Waals surface area contributed by atoms with Crippen molar-refractivity contribution in [1.82, 2.24) is 14.5 Å². The number of aromatic amines is 1. The lowest BCUT2D eigenvalue weighted by atomic mass is 10.1. The molecule has 0 bridgehead atoms. The van der Waals surface area contributed by atoms with Crippen LogP contribution in [0.1, 0.15) is 0 Å². The van der Waals surface area contributed by atoms with Crippen molar-refractivity contribution in [2.24, 2.45) is 0 Å². The Morgan fingerprint density at radius 2 is 1.54 bits per heavy atom. The predicted octanol–water partition coefficient (Wildman–Crippen LogP) is 3.66. The van der Waals surface area contributed by atoms with Crippen LogP contribution in [-0.4, -0.2) is 14.5 Å². The Labute approximate surface area is 135 Å². The van der Waals surface area contributed by atoms with Gasteiger partial charge in [0.05, 0.1) is 11.7 Å². The third-order valence-corrected chi connectivity index (χ3v) is 3.85. The van der Waals surface area contributed by atoms with Crippen molar-refractivity contribution < 1.29 is 8.78 Å². The Bertz CT molecular complexity index is 1080. The largest absolute Gasteiger partial charge is 0.312 e. The molecule has 0 fully saturated rings. The molecule has 118 valence electrons. The van der Waals surface area contributed by atoms with Gasteiger partial charge in [-0.15, -0.1) is 0 Å². The first-order chi connectivity index (χ1) is 11.6. The van der Waals surface area contributed by atoms with Crippen LogP contribution in [0.5, 0.6) is 0 Å². The number of halogens is 2. The molecule has 0 radical (unpaired) electrons. The van der Waals surface area contributed by atoms with Crippen molar-refractivity contribution in [3.8, 4) is 16.8 Å². The molecule has 0 amide bonds. The number of hydrogen-bond acceptors (Lipinski definition) is 2. The van der Waals surface area contributed by atoms with Gasteiger partial charge in [-0.2, -0.15) is 0 Å². The van der Waals surface area contributed by atoms with Crippen molar-refractivity contribution in [3.63, 3.8) is 0 Å². The normalized spacial score (nSPS) is 11.1. The second kappa shape index (κ2) is 5.42. The number of nitrogens with zero attached hydrogens (tertiary/aromatic N) is 2. The van der Waals surface area contributed by atoms with Crippen molar-refractivity contribution in [2.45, 2.75) is 0 Å². The van der Waals surface area contributed by atoms with E-state index in [1.54, 1.807) is 35.0 Å². The van der Waals surface area contributed by atoms with Crippen LogP contribution in [0, 0.1) is 11.6 Å². The molecule has 0 spiro atoms. The SMILES string of the molecule is O=c1[nH]cnc2c1c(-c1ccc(F)cc1)cn2-c1ccc(F)cc1. The third kappa shape index (κ3) is 2.28. The Balaban J connectivity index is 2.03. The molecule has 4 aromatic rings. The summed E-state index contributed by atoms with van der Waals surface area (Å²) < 4.78 is 28.1. The van der Waals surface area contributed by atoms with Gasteiger partial charge in [0.2, 0.25) is 0 Å². The van der Waals surface area contributed by atoms with E-state index in [1.807, 2.05) is 0 Å². The Morgan fingerprint density at radius 1 is 0.917 bits per heavy atom. The highest BCUT2D eigenvalue weighted by atomic mass is 19.1. The fourth-order valence-electron chi connectivity index (χ4n) is 2.72. The van der Waals surface area contributed by atoms with E-state index in [4.69, 9.17) is 0 Å². The Kier molecular flexibility index (Phi) is 3.23. The minimum absolute atomic E-state index is 0.291. The van der Waals surface area contributed by atoms with Crippen LogP contribution >= 0.6 is 0 Å². The maximum atomic E-state index is 13.2. The second-order valence-electron chi connectivity index (χ2n) is 5.33. The van der Waals surface area contributed by atoms with Gasteiger partial charge in [-0.25, -0.2) is 13.8 Å². The minimum atomic E-state index is -0.354. The zero-order valence-electron chi connectivity index (χ0n) is 12.3. The first-order valence-corrected chi connectivity index (χ1v) is 7.24. The summed E-state index contributed by atoms with van der Waals surface area (Å²) in [6.07, 6.45) is 3.06. The number of fused-ring (bicyclic) bond motifs is 1. The molecule has 24 heavy (non-hydrogen) atoms. The molecule has 4 rings (SSSR count). The summed E-state index contributed by atoms with van der Waals surface area (Å²) in [6.45, 7) is 0. The van der Waals surface area contributed by atoms with Gasteiger partial charge >= 0.3 is 0 Å². The summed E-state index contributed by atoms with van der Waals surface area (Å²) in [5, 5.41) is 0.397. The van der Waals surface area contributed by atoms with Crippen molar-refractivity contribution in [3.05, 3.63) is 83.0 Å². The van der Waals surface area contributed by atoms with Crippen LogP contribution in [-0.2, 0) is 0 Å². The smallest absolute Gasteiger partial charge is 0.260 e. The van der Waals surface area contributed by atoms with Crippen LogP contribution in [0.4, 0.5) is 8.78 Å². The van der Waals surface area contributed by atoms with Gasteiger partial charge in [-0.3, -0.25) is 4.79 Å². The summed E-state index contributed by atoms with van der Waals surface area (Å²) in [5.41, 5.74) is 2.15. The Hall–Kier alpha value is -3.28. The zero-order chi connectivity index (χ0) is 16.7. The van der Waals surface area contributed by atoms with Crippen LogP contribution in [0.3, 0.4) is 0 Å². The molecule has 2 aromatic heterocycles. The fraction of sp³-hybridized carbons (Fsp3) is 0. The van der Waals surface area contributed by atoms with E-state index in [0.29, 0.717) is 27.8 Å². The first-order valence-electron chi connectivity index (χ1n) is 7.24. The molecule has 0 atom stereocenters. The lowest BCUT2D eigenvalue weighted by Gasteiger charge is -2.03. The van der Waals surface area contributed by atoms with Crippen LogP contribution < -0.4 is 5.56 Å². The van der Waals surface area contributed by atoms with Gasteiger partial charge in [-0.05, 0) is 42.0 Å². The predicted molar refractivity (Wildman–Crippen MR) is 87.0 cm³/mol. The monoisotopic (exact) mass is 323 g/mol. The summed E-state index contributed by atoms with van der Waals surface area (Å²) in [5.74, 6) is -0.701. The quantitative estimate of drug-likeness (QED) is 0.612. The molecule has 2 heterocycles. The van der Waals surface area contributed by atoms with Gasteiger partial charge in [0.15, 0.2) is 5.65 Å². The molecule has 0 unspecified atom stereocenters. The summed E-state index contributed by atoms with van der Waals surface area (Å²) in [7, 11) is 0. The third-order valence-electron chi connectivity index (χ3n) is 3.85. The maximum absolute atomic E-state index is 13.2. The minimum Gasteiger partial charge on any atom is -0.312 e. The number of hydrogen-bond donors (Lipinski definition) is 1. The Morgan fingerprint density at radius 3 is 2.21 bits per heavy atom. The van der Waals surface area contributed by atoms with Crippen LogP contribution in [0.15, 0.2) is 65.8 Å². The van der Waals surface area contributed by atoms with E-state index in [1.165, 1.54) is 30.6 Å². The second-order valence-corrected chi connectivity index (χ2v) is 5.33. The number of nitrogens with one attached hydrogen (secondary N) is 1. The van der Waals surface area contributed by atoms with E-state index < -0.39 is 0 Å². The maximum Gasteiger partial charge on any atom is 0.260 e. The molecule has 0 aliphatic carbocycles. The van der Waals surface area contributed by atoms with E-state index in [0.717, 1.165) is 0 Å². The van der Waals surface area contributed by atoms with Crippen LogP contribution in [0.25, 0.3) is 27.8 Å². The van der Waals surface area contributed by atoms with E-state index in [-0.39, 0.29) is 17.2 Å². The summed E-state index contributed by atoms with van der Waals surface area (Å²) in [4.78, 5) is 19.1. The molecule has 6 heteroatoms. The molecular weight excluding hydrogens is 312 g/mol. The van der Waals surface area contributed by atoms with Gasteiger partial charge in [0.1, 0.15) is 11.6 Å². The molecule has 0 aliphatic heterocycles. The van der Waals surface area contributed by atoms with Gasteiger partial charge < -0.3 is 9.55 Å². The molecule has 0 aliphatic rings. The molecular formula is C18H11F2N3O. The lowest BCUT2D eigenvalue weighted by molar-refractivity contribution is 0.627. The average molecular weight is 323 g/mol. The van der Waals surface area contributed by atoms with E-state index in [9.17, 15) is 13.6 Å². The molecule has 1 N–H and O–H groups in total. The highest BCUT2D eigenvalue weighted by molar-refractivity contribution is 5.94. The molecule has 2 aromatic carbocycles. The number of rotatable bonds is 2. The van der Waals surface area contributed by atoms with E-state index >= 15 is 0 Å².